The number of aliphatic hydroxyl groups excluding tert-OH is 1. The molecule has 6 N–H and O–H groups in total. The van der Waals surface area contributed by atoms with Crippen molar-refractivity contribution < 1.29 is 5.11 Å². The topological polar surface area (TPSA) is 148 Å². The van der Waals surface area contributed by atoms with E-state index >= 15 is 0 Å². The first kappa shape index (κ1) is 20.6. The molecule has 0 radical (unpaired) electrons. The van der Waals surface area contributed by atoms with Gasteiger partial charge in [-0.1, -0.05) is 6.92 Å². The van der Waals surface area contributed by atoms with Gasteiger partial charge in [0.1, 0.15) is 23.3 Å². The lowest BCUT2D eigenvalue weighted by Gasteiger charge is -2.13. The van der Waals surface area contributed by atoms with Crippen molar-refractivity contribution in [3.63, 3.8) is 0 Å². The van der Waals surface area contributed by atoms with E-state index in [1.54, 1.807) is 12.3 Å². The Kier molecular flexibility index (Phi) is 6.03. The number of nitrogen functional groups attached to an aromatic ring is 1. The van der Waals surface area contributed by atoms with E-state index in [1.807, 2.05) is 13.8 Å². The molecule has 2 heterocycles. The van der Waals surface area contributed by atoms with Crippen LogP contribution in [0.3, 0.4) is 0 Å². The van der Waals surface area contributed by atoms with E-state index < -0.39 is 0 Å². The maximum atomic E-state index is 9.51. The molecular formula is C20H28N8O. The minimum Gasteiger partial charge on any atom is -0.396 e. The third-order valence-corrected chi connectivity index (χ3v) is 5.37. The minimum atomic E-state index is 0.0166. The highest BCUT2D eigenvalue weighted by Crippen LogP contribution is 2.38. The highest BCUT2D eigenvalue weighted by Gasteiger charge is 2.40. The molecule has 2 aromatic heterocycles. The number of nitrogens with two attached hydrogens (primary N) is 1. The number of aryl methyl sites for hydroxylation is 2. The summed E-state index contributed by atoms with van der Waals surface area (Å²) < 4.78 is 1.52. The lowest BCUT2D eigenvalue weighted by Crippen LogP contribution is -2.27. The molecule has 1 fully saturated rings. The molecule has 0 amide bonds. The van der Waals surface area contributed by atoms with Crippen molar-refractivity contribution >= 4 is 23.0 Å². The van der Waals surface area contributed by atoms with Gasteiger partial charge in [0, 0.05) is 36.4 Å². The van der Waals surface area contributed by atoms with E-state index in [9.17, 15) is 5.26 Å². The second-order valence-corrected chi connectivity index (χ2v) is 7.42. The van der Waals surface area contributed by atoms with Gasteiger partial charge in [-0.15, -0.1) is 0 Å². The molecule has 29 heavy (non-hydrogen) atoms. The molecule has 0 aromatic carbocycles. The van der Waals surface area contributed by atoms with Gasteiger partial charge in [-0.3, -0.25) is 0 Å². The third-order valence-electron chi connectivity index (χ3n) is 5.37. The van der Waals surface area contributed by atoms with E-state index in [4.69, 9.17) is 16.2 Å². The molecule has 9 heteroatoms. The van der Waals surface area contributed by atoms with Gasteiger partial charge < -0.3 is 26.9 Å². The van der Waals surface area contributed by atoms with Gasteiger partial charge in [0.15, 0.2) is 5.65 Å². The fourth-order valence-corrected chi connectivity index (χ4v) is 3.42. The molecule has 154 valence electrons. The zero-order valence-electron chi connectivity index (χ0n) is 16.9. The molecule has 0 spiro atoms. The second-order valence-electron chi connectivity index (χ2n) is 7.42. The zero-order chi connectivity index (χ0) is 21.0. The predicted octanol–water partition coefficient (Wildman–Crippen LogP) is 1.89. The number of rotatable bonds is 10. The molecule has 2 aromatic rings. The van der Waals surface area contributed by atoms with Gasteiger partial charge in [-0.05, 0) is 44.9 Å². The smallest absolute Gasteiger partial charge is 0.163 e. The molecule has 0 saturated heterocycles. The van der Waals surface area contributed by atoms with Crippen LogP contribution in [0.5, 0.6) is 0 Å². The first-order valence-electron chi connectivity index (χ1n) is 9.89. The Labute approximate surface area is 170 Å². The van der Waals surface area contributed by atoms with Crippen LogP contribution in [-0.2, 0) is 6.42 Å². The Morgan fingerprint density at radius 1 is 1.48 bits per heavy atom. The summed E-state index contributed by atoms with van der Waals surface area (Å²) in [7, 11) is 0. The van der Waals surface area contributed by atoms with E-state index in [-0.39, 0.29) is 23.5 Å². The van der Waals surface area contributed by atoms with Gasteiger partial charge in [0.25, 0.3) is 0 Å². The quantitative estimate of drug-likeness (QED) is 0.385. The van der Waals surface area contributed by atoms with Crippen LogP contribution < -0.4 is 16.4 Å². The number of hydrogen-bond acceptors (Lipinski definition) is 8. The third kappa shape index (κ3) is 4.32. The van der Waals surface area contributed by atoms with Gasteiger partial charge in [0.05, 0.1) is 5.69 Å². The molecule has 3 rings (SSSR count). The van der Waals surface area contributed by atoms with E-state index in [2.05, 4.69) is 26.8 Å². The van der Waals surface area contributed by atoms with Gasteiger partial charge in [-0.2, -0.15) is 14.9 Å². The van der Waals surface area contributed by atoms with Crippen molar-refractivity contribution in [3.05, 3.63) is 29.1 Å². The van der Waals surface area contributed by atoms with Crippen LogP contribution in [0.2, 0.25) is 0 Å². The van der Waals surface area contributed by atoms with Crippen molar-refractivity contribution in [2.45, 2.75) is 51.5 Å². The summed E-state index contributed by atoms with van der Waals surface area (Å²) in [6.45, 7) is 4.55. The van der Waals surface area contributed by atoms with Crippen LogP contribution in [0, 0.1) is 23.7 Å². The number of allylic oxidation sites excluding steroid dienone is 1. The number of nitrogens with one attached hydrogen (secondary N) is 3. The monoisotopic (exact) mass is 396 g/mol. The number of fused-ring (bicyclic) bond motifs is 1. The highest BCUT2D eigenvalue weighted by atomic mass is 16.3. The maximum absolute atomic E-state index is 9.51. The lowest BCUT2D eigenvalue weighted by molar-refractivity contribution is 0.264. The highest BCUT2D eigenvalue weighted by molar-refractivity contribution is 5.92. The fourth-order valence-electron chi connectivity index (χ4n) is 3.42. The SMILES string of the molecule is CCc1c(C)nn2c(N)c(C#N)c(NCCC(=N)/C=C\NC3(CCO)CC3)nc12. The summed E-state index contributed by atoms with van der Waals surface area (Å²) >= 11 is 0. The van der Waals surface area contributed by atoms with Crippen molar-refractivity contribution in [2.75, 3.05) is 24.2 Å². The summed E-state index contributed by atoms with van der Waals surface area (Å²) in [4.78, 5) is 4.58. The van der Waals surface area contributed by atoms with Gasteiger partial charge >= 0.3 is 0 Å². The summed E-state index contributed by atoms with van der Waals surface area (Å²) in [5.41, 5.74) is 9.38. The first-order chi connectivity index (χ1) is 13.9. The van der Waals surface area contributed by atoms with Gasteiger partial charge in [-0.25, -0.2) is 4.98 Å². The van der Waals surface area contributed by atoms with Crippen LogP contribution in [0.1, 0.15) is 49.4 Å². The first-order valence-corrected chi connectivity index (χ1v) is 9.89. The standard InChI is InChI=1S/C20H28N8O/c1-3-15-13(2)27-28-17(23)16(12-21)18(26-19(15)28)24-9-4-14(22)5-10-25-20(6-7-20)8-11-29/h5,10,22,25,29H,3-4,6-9,11,23H2,1-2H3,(H,24,26)/b10-5-,22-14?. The Hall–Kier alpha value is -3.12. The molecule has 0 bridgehead atoms. The Morgan fingerprint density at radius 2 is 2.24 bits per heavy atom. The Balaban J connectivity index is 1.64. The average molecular weight is 396 g/mol. The summed E-state index contributed by atoms with van der Waals surface area (Å²) in [6, 6.07) is 2.10. The van der Waals surface area contributed by atoms with Gasteiger partial charge in [0.2, 0.25) is 0 Å². The van der Waals surface area contributed by atoms with Crippen molar-refractivity contribution in [1.82, 2.24) is 19.9 Å². The normalized spacial score (nSPS) is 14.8. The maximum Gasteiger partial charge on any atom is 0.163 e. The van der Waals surface area contributed by atoms with Crippen LogP contribution in [0.4, 0.5) is 11.6 Å². The van der Waals surface area contributed by atoms with Crippen molar-refractivity contribution in [1.29, 1.82) is 10.7 Å². The predicted molar refractivity (Wildman–Crippen MR) is 113 cm³/mol. The minimum absolute atomic E-state index is 0.0166. The van der Waals surface area contributed by atoms with E-state index in [0.29, 0.717) is 30.1 Å². The van der Waals surface area contributed by atoms with Crippen LogP contribution in [-0.4, -0.2) is 44.1 Å². The zero-order valence-corrected chi connectivity index (χ0v) is 16.9. The van der Waals surface area contributed by atoms with E-state index in [1.165, 1.54) is 4.52 Å². The Morgan fingerprint density at radius 3 is 2.86 bits per heavy atom. The van der Waals surface area contributed by atoms with Crippen molar-refractivity contribution in [3.8, 4) is 6.07 Å². The number of hydrogen-bond donors (Lipinski definition) is 5. The van der Waals surface area contributed by atoms with Crippen molar-refractivity contribution in [2.24, 2.45) is 0 Å². The molecule has 0 aliphatic heterocycles. The largest absolute Gasteiger partial charge is 0.396 e. The average Bonchev–Trinajstić information content (AvgIpc) is 3.36. The van der Waals surface area contributed by atoms with E-state index in [0.717, 1.165) is 36.9 Å². The molecule has 9 nitrogen and oxygen atoms in total. The fraction of sp³-hybridized carbons (Fsp3) is 0.500. The molecule has 1 aliphatic rings. The molecule has 0 unspecified atom stereocenters. The summed E-state index contributed by atoms with van der Waals surface area (Å²) in [5.74, 6) is 0.683. The van der Waals surface area contributed by atoms with Crippen LogP contribution in [0.15, 0.2) is 12.3 Å². The molecule has 1 saturated carbocycles. The summed E-state index contributed by atoms with van der Waals surface area (Å²) in [6.07, 6.45) is 7.59. The van der Waals surface area contributed by atoms with Crippen LogP contribution >= 0.6 is 0 Å². The number of aliphatic hydroxyl groups is 1. The molecule has 1 aliphatic carbocycles. The lowest BCUT2D eigenvalue weighted by atomic mass is 10.2. The number of anilines is 2. The second kappa shape index (κ2) is 8.49. The summed E-state index contributed by atoms with van der Waals surface area (Å²) in [5, 5.41) is 37.5. The Bertz CT molecular complexity index is 981. The molecular weight excluding hydrogens is 368 g/mol. The number of nitriles is 1. The number of aromatic nitrogens is 3. The number of nitrogens with zero attached hydrogens (tertiary/aromatic N) is 4. The van der Waals surface area contributed by atoms with Crippen LogP contribution in [0.25, 0.3) is 5.65 Å². The molecule has 0 atom stereocenters.